The lowest BCUT2D eigenvalue weighted by molar-refractivity contribution is 0.100. The molecule has 0 fully saturated rings. The van der Waals surface area contributed by atoms with Crippen molar-refractivity contribution >= 4 is 33.7 Å². The predicted molar refractivity (Wildman–Crippen MR) is 88.8 cm³/mol. The maximum absolute atomic E-state index is 12.0. The maximum Gasteiger partial charge on any atom is 0.280 e. The first-order chi connectivity index (χ1) is 10.5. The Bertz CT molecular complexity index is 821. The van der Waals surface area contributed by atoms with E-state index < -0.39 is 21.5 Å². The predicted octanol–water partition coefficient (Wildman–Crippen LogP) is 0.656. The van der Waals surface area contributed by atoms with E-state index in [1.165, 1.54) is 12.1 Å². The minimum atomic E-state index is -3.56. The van der Waals surface area contributed by atoms with Gasteiger partial charge in [0.15, 0.2) is 11.7 Å². The second-order valence-electron chi connectivity index (χ2n) is 5.70. The molecule has 0 bridgehead atoms. The van der Waals surface area contributed by atoms with E-state index in [4.69, 9.17) is 16.2 Å². The van der Waals surface area contributed by atoms with Crippen LogP contribution in [0, 0.1) is 0 Å². The first kappa shape index (κ1) is 16.8. The summed E-state index contributed by atoms with van der Waals surface area (Å²) in [6, 6.07) is 2.87. The van der Waals surface area contributed by atoms with Gasteiger partial charge in [-0.25, -0.2) is 8.42 Å². The Hall–Kier alpha value is -2.55. The Balaban J connectivity index is 2.61. The lowest BCUT2D eigenvalue weighted by Gasteiger charge is -2.29. The second kappa shape index (κ2) is 5.58. The average molecular weight is 338 g/mol. The maximum atomic E-state index is 12.0. The van der Waals surface area contributed by atoms with Crippen LogP contribution in [0.1, 0.15) is 29.8 Å². The van der Waals surface area contributed by atoms with Gasteiger partial charge in [0, 0.05) is 11.1 Å². The van der Waals surface area contributed by atoms with Gasteiger partial charge < -0.3 is 16.2 Å². The molecule has 0 aromatic heterocycles. The fourth-order valence-electron chi connectivity index (χ4n) is 2.06. The molecule has 0 atom stereocenters. The highest BCUT2D eigenvalue weighted by Gasteiger charge is 2.26. The monoisotopic (exact) mass is 338 g/mol. The number of hydrogen-bond acceptors (Lipinski definition) is 4. The van der Waals surface area contributed by atoms with Gasteiger partial charge in [0.1, 0.15) is 5.60 Å². The van der Waals surface area contributed by atoms with Gasteiger partial charge in [-0.05, 0) is 32.1 Å². The van der Waals surface area contributed by atoms with Crippen LogP contribution in [0.5, 0.6) is 5.75 Å². The van der Waals surface area contributed by atoms with Crippen molar-refractivity contribution in [3.63, 3.8) is 0 Å². The van der Waals surface area contributed by atoms with Crippen LogP contribution in [0.3, 0.4) is 0 Å². The summed E-state index contributed by atoms with van der Waals surface area (Å²) in [7, 11) is -3.56. The summed E-state index contributed by atoms with van der Waals surface area (Å²) in [5.74, 6) is -0.718. The number of sulfonamides is 1. The molecule has 0 aliphatic carbocycles. The van der Waals surface area contributed by atoms with Crippen molar-refractivity contribution in [1.29, 1.82) is 0 Å². The molecule has 1 aliphatic rings. The van der Waals surface area contributed by atoms with Gasteiger partial charge in [0.2, 0.25) is 10.0 Å². The Morgan fingerprint density at radius 2 is 1.96 bits per heavy atom. The van der Waals surface area contributed by atoms with Crippen molar-refractivity contribution in [3.8, 4) is 5.75 Å². The van der Waals surface area contributed by atoms with Crippen molar-refractivity contribution in [2.75, 3.05) is 11.0 Å². The van der Waals surface area contributed by atoms with E-state index in [-0.39, 0.29) is 17.2 Å². The number of rotatable bonds is 3. The molecule has 0 unspecified atom stereocenters. The number of aliphatic imine (C=N–C) groups is 1. The normalized spacial score (nSPS) is 15.3. The van der Waals surface area contributed by atoms with Gasteiger partial charge in [-0.3, -0.25) is 9.52 Å². The number of nitrogens with zero attached hydrogens (tertiary/aromatic N) is 1. The summed E-state index contributed by atoms with van der Waals surface area (Å²) >= 11 is 0. The summed E-state index contributed by atoms with van der Waals surface area (Å²) in [4.78, 5) is 15.5. The van der Waals surface area contributed by atoms with Crippen molar-refractivity contribution in [3.05, 3.63) is 29.3 Å². The van der Waals surface area contributed by atoms with E-state index in [2.05, 4.69) is 9.71 Å². The van der Waals surface area contributed by atoms with Crippen LogP contribution in [0.4, 0.5) is 5.69 Å². The molecule has 2 rings (SSSR count). The van der Waals surface area contributed by atoms with Crippen molar-refractivity contribution in [1.82, 2.24) is 0 Å². The molecule has 1 aromatic carbocycles. The van der Waals surface area contributed by atoms with E-state index in [0.29, 0.717) is 11.3 Å². The molecule has 5 N–H and O–H groups in total. The van der Waals surface area contributed by atoms with E-state index in [9.17, 15) is 13.2 Å². The highest BCUT2D eigenvalue weighted by Crippen LogP contribution is 2.38. The Morgan fingerprint density at radius 3 is 2.52 bits per heavy atom. The van der Waals surface area contributed by atoms with Crippen LogP contribution in [-0.2, 0) is 10.0 Å². The first-order valence-electron chi connectivity index (χ1n) is 6.65. The molecule has 9 heteroatoms. The smallest absolute Gasteiger partial charge is 0.280 e. The van der Waals surface area contributed by atoms with E-state index >= 15 is 0 Å². The molecule has 23 heavy (non-hydrogen) atoms. The SMILES string of the molecule is CC1(C)C=Cc2cc(C(=O)N=C(N)N)cc(NS(C)(=O)=O)c2O1. The lowest BCUT2D eigenvalue weighted by atomic mass is 9.99. The van der Waals surface area contributed by atoms with Crippen molar-refractivity contribution in [2.45, 2.75) is 19.4 Å². The number of guanidine groups is 1. The number of carbonyl (C=O) groups excluding carboxylic acids is 1. The zero-order valence-corrected chi connectivity index (χ0v) is 13.8. The Morgan fingerprint density at radius 1 is 1.30 bits per heavy atom. The summed E-state index contributed by atoms with van der Waals surface area (Å²) in [5.41, 5.74) is 10.6. The molecule has 0 spiro atoms. The summed E-state index contributed by atoms with van der Waals surface area (Å²) in [6.07, 6.45) is 4.56. The Kier molecular flexibility index (Phi) is 4.08. The van der Waals surface area contributed by atoms with Gasteiger partial charge in [-0.1, -0.05) is 6.08 Å². The topological polar surface area (TPSA) is 137 Å². The number of nitrogens with one attached hydrogen (secondary N) is 1. The molecule has 0 saturated heterocycles. The number of anilines is 1. The molecule has 0 radical (unpaired) electrons. The molecule has 1 heterocycles. The molecular formula is C14H18N4O4S. The number of fused-ring (bicyclic) bond motifs is 1. The van der Waals surface area contributed by atoms with Crippen LogP contribution in [0.2, 0.25) is 0 Å². The average Bonchev–Trinajstić information content (AvgIpc) is 2.35. The quantitative estimate of drug-likeness (QED) is 0.547. The van der Waals surface area contributed by atoms with Crippen LogP contribution in [0.25, 0.3) is 6.08 Å². The minimum absolute atomic E-state index is 0.135. The largest absolute Gasteiger partial charge is 0.481 e. The molecule has 124 valence electrons. The third-order valence-corrected chi connectivity index (χ3v) is 3.51. The highest BCUT2D eigenvalue weighted by atomic mass is 32.2. The number of hydrogen-bond donors (Lipinski definition) is 3. The number of carbonyl (C=O) groups is 1. The van der Waals surface area contributed by atoms with E-state index in [1.54, 1.807) is 12.2 Å². The van der Waals surface area contributed by atoms with Gasteiger partial charge in [-0.2, -0.15) is 4.99 Å². The zero-order chi connectivity index (χ0) is 17.4. The minimum Gasteiger partial charge on any atom is -0.481 e. The zero-order valence-electron chi connectivity index (χ0n) is 13.0. The number of nitrogens with two attached hydrogens (primary N) is 2. The Labute approximate surface area is 134 Å². The van der Waals surface area contributed by atoms with Gasteiger partial charge in [0.25, 0.3) is 5.91 Å². The van der Waals surface area contributed by atoms with Crippen LogP contribution < -0.4 is 20.9 Å². The molecule has 1 aromatic rings. The summed E-state index contributed by atoms with van der Waals surface area (Å²) in [5, 5.41) is 0. The number of ether oxygens (including phenoxy) is 1. The van der Waals surface area contributed by atoms with Crippen LogP contribution in [0.15, 0.2) is 23.2 Å². The molecule has 1 aliphatic heterocycles. The lowest BCUT2D eigenvalue weighted by Crippen LogP contribution is -2.28. The number of amides is 1. The van der Waals surface area contributed by atoms with Crippen molar-refractivity contribution < 1.29 is 17.9 Å². The first-order valence-corrected chi connectivity index (χ1v) is 8.54. The summed E-state index contributed by atoms with van der Waals surface area (Å²) < 4.78 is 31.3. The van der Waals surface area contributed by atoms with E-state index in [1.807, 2.05) is 13.8 Å². The van der Waals surface area contributed by atoms with Gasteiger partial charge in [-0.15, -0.1) is 0 Å². The highest BCUT2D eigenvalue weighted by molar-refractivity contribution is 7.92. The third kappa shape index (κ3) is 4.22. The van der Waals surface area contributed by atoms with Crippen LogP contribution in [-0.4, -0.2) is 32.1 Å². The number of benzene rings is 1. The fourth-order valence-corrected chi connectivity index (χ4v) is 2.61. The van der Waals surface area contributed by atoms with Gasteiger partial charge in [0.05, 0.1) is 11.9 Å². The van der Waals surface area contributed by atoms with Crippen LogP contribution >= 0.6 is 0 Å². The van der Waals surface area contributed by atoms with E-state index in [0.717, 1.165) is 6.26 Å². The summed E-state index contributed by atoms with van der Waals surface area (Å²) in [6.45, 7) is 3.66. The fraction of sp³-hybridized carbons (Fsp3) is 0.286. The third-order valence-electron chi connectivity index (χ3n) is 2.92. The van der Waals surface area contributed by atoms with Gasteiger partial charge >= 0.3 is 0 Å². The van der Waals surface area contributed by atoms with Crippen molar-refractivity contribution in [2.24, 2.45) is 16.5 Å². The molecule has 0 saturated carbocycles. The molecule has 8 nitrogen and oxygen atoms in total. The second-order valence-corrected chi connectivity index (χ2v) is 7.45. The molecule has 1 amide bonds. The standard InChI is InChI=1S/C14H18N4O4S/c1-14(2)5-4-8-6-9(12(19)17-13(15)16)7-10(11(8)22-14)18-23(3,20)21/h4-7,18H,1-3H3,(H4,15,16,17,19). The molecular weight excluding hydrogens is 320 g/mol.